The molecule has 0 fully saturated rings. The molecule has 0 amide bonds. The molecule has 0 saturated heterocycles. The first kappa shape index (κ1) is 20.7. The number of rotatable bonds is 6. The summed E-state index contributed by atoms with van der Waals surface area (Å²) in [5.74, 6) is -0.547. The van der Waals surface area contributed by atoms with Crippen LogP contribution >= 0.6 is 23.2 Å². The van der Waals surface area contributed by atoms with Crippen molar-refractivity contribution in [1.82, 2.24) is 15.0 Å². The summed E-state index contributed by atoms with van der Waals surface area (Å²) in [7, 11) is 0. The summed E-state index contributed by atoms with van der Waals surface area (Å²) in [5, 5.41) is 27.8. The van der Waals surface area contributed by atoms with E-state index in [4.69, 9.17) is 33.2 Å². The molecule has 7 nitrogen and oxygen atoms in total. The summed E-state index contributed by atoms with van der Waals surface area (Å²) < 4.78 is 7.23. The molecule has 1 unspecified atom stereocenters. The number of nitrogens with zero attached hydrogens (tertiary/aromatic N) is 4. The molecule has 1 aromatic heterocycles. The molecule has 1 N–H and O–H groups in total. The first-order valence-electron chi connectivity index (χ1n) is 9.15. The lowest BCUT2D eigenvalue weighted by molar-refractivity contribution is -0.141. The minimum atomic E-state index is -1.04. The molecular formula is C22H14Cl2N4O3. The van der Waals surface area contributed by atoms with Crippen LogP contribution < -0.4 is 4.74 Å². The Balaban J connectivity index is 1.76. The molecule has 0 radical (unpaired) electrons. The van der Waals surface area contributed by atoms with Gasteiger partial charge in [0.25, 0.3) is 0 Å². The second-order valence-corrected chi connectivity index (χ2v) is 7.56. The monoisotopic (exact) mass is 452 g/mol. The van der Waals surface area contributed by atoms with Gasteiger partial charge >= 0.3 is 5.97 Å². The smallest absolute Gasteiger partial charge is 0.328 e. The number of hydrogen-bond donors (Lipinski definition) is 1. The van der Waals surface area contributed by atoms with Crippen molar-refractivity contribution in [2.45, 2.75) is 12.5 Å². The Morgan fingerprint density at radius 1 is 1.16 bits per heavy atom. The number of hydrogen-bond acceptors (Lipinski definition) is 5. The van der Waals surface area contributed by atoms with Crippen LogP contribution in [-0.2, 0) is 11.2 Å². The van der Waals surface area contributed by atoms with E-state index >= 15 is 0 Å². The molecule has 31 heavy (non-hydrogen) atoms. The number of fused-ring (bicyclic) bond motifs is 1. The second kappa shape index (κ2) is 8.64. The summed E-state index contributed by atoms with van der Waals surface area (Å²) >= 11 is 12.4. The number of benzene rings is 3. The van der Waals surface area contributed by atoms with Gasteiger partial charge in [-0.15, -0.1) is 5.10 Å². The highest BCUT2D eigenvalue weighted by molar-refractivity contribution is 6.33. The van der Waals surface area contributed by atoms with E-state index in [1.54, 1.807) is 12.1 Å². The van der Waals surface area contributed by atoms with Crippen LogP contribution in [0.2, 0.25) is 10.0 Å². The van der Waals surface area contributed by atoms with E-state index in [2.05, 4.69) is 10.3 Å². The Labute approximate surface area is 187 Å². The Hall–Kier alpha value is -3.60. The fourth-order valence-electron chi connectivity index (χ4n) is 3.21. The number of ether oxygens (including phenoxy) is 1. The van der Waals surface area contributed by atoms with Crippen molar-refractivity contribution < 1.29 is 14.6 Å². The van der Waals surface area contributed by atoms with E-state index in [9.17, 15) is 9.90 Å². The zero-order valence-electron chi connectivity index (χ0n) is 15.9. The molecule has 154 valence electrons. The molecule has 3 aromatic carbocycles. The first-order valence-corrected chi connectivity index (χ1v) is 9.90. The van der Waals surface area contributed by atoms with Gasteiger partial charge in [-0.05, 0) is 35.9 Å². The van der Waals surface area contributed by atoms with Gasteiger partial charge in [0.1, 0.15) is 5.75 Å². The molecular weight excluding hydrogens is 439 g/mol. The van der Waals surface area contributed by atoms with Crippen molar-refractivity contribution in [3.63, 3.8) is 0 Å². The molecule has 0 aliphatic heterocycles. The highest BCUT2D eigenvalue weighted by atomic mass is 35.5. The van der Waals surface area contributed by atoms with Crippen LogP contribution in [0.15, 0.2) is 60.7 Å². The van der Waals surface area contributed by atoms with E-state index < -0.39 is 12.0 Å². The number of aromatic nitrogens is 3. The number of aliphatic carboxylic acids is 1. The van der Waals surface area contributed by atoms with Gasteiger partial charge in [-0.3, -0.25) is 0 Å². The van der Waals surface area contributed by atoms with Crippen LogP contribution in [0.1, 0.15) is 17.2 Å². The molecule has 0 aliphatic carbocycles. The van der Waals surface area contributed by atoms with E-state index in [0.29, 0.717) is 27.4 Å². The minimum Gasteiger partial charge on any atom is -0.480 e. The van der Waals surface area contributed by atoms with Gasteiger partial charge in [-0.25, -0.2) is 9.48 Å². The van der Waals surface area contributed by atoms with Crippen LogP contribution in [0.4, 0.5) is 0 Å². The number of carboxylic acids is 1. The Morgan fingerprint density at radius 3 is 2.65 bits per heavy atom. The topological polar surface area (TPSA) is 101 Å². The molecule has 9 heteroatoms. The average molecular weight is 453 g/mol. The summed E-state index contributed by atoms with van der Waals surface area (Å²) in [6.07, 6.45) is 0.229. The maximum atomic E-state index is 12.0. The van der Waals surface area contributed by atoms with Crippen LogP contribution in [0.5, 0.6) is 11.5 Å². The SMILES string of the molecule is N#Cc1cc(Cl)cc(Oc2c(Cl)ccc3c2nnn3C(Cc2ccccc2)C(=O)O)c1. The molecule has 4 aromatic rings. The number of nitriles is 1. The average Bonchev–Trinajstić information content (AvgIpc) is 3.18. The Kier molecular flexibility index (Phi) is 5.76. The van der Waals surface area contributed by atoms with Gasteiger partial charge in [0, 0.05) is 11.4 Å². The third-order valence-corrected chi connectivity index (χ3v) is 5.14. The largest absolute Gasteiger partial charge is 0.480 e. The molecule has 1 heterocycles. The van der Waals surface area contributed by atoms with E-state index in [-0.39, 0.29) is 17.2 Å². The maximum Gasteiger partial charge on any atom is 0.328 e. The molecule has 0 aliphatic rings. The Morgan fingerprint density at radius 2 is 1.94 bits per heavy atom. The van der Waals surface area contributed by atoms with Crippen molar-refractivity contribution in [3.8, 4) is 17.6 Å². The van der Waals surface area contributed by atoms with Crippen LogP contribution in [0.25, 0.3) is 11.0 Å². The van der Waals surface area contributed by atoms with Crippen LogP contribution in [0, 0.1) is 11.3 Å². The van der Waals surface area contributed by atoms with Crippen LogP contribution in [0.3, 0.4) is 0 Å². The number of halogens is 2. The lowest BCUT2D eigenvalue weighted by atomic mass is 10.1. The van der Waals surface area contributed by atoms with E-state index in [1.807, 2.05) is 36.4 Å². The third-order valence-electron chi connectivity index (χ3n) is 4.62. The molecule has 0 spiro atoms. The predicted molar refractivity (Wildman–Crippen MR) is 116 cm³/mol. The lowest BCUT2D eigenvalue weighted by Gasteiger charge is -2.14. The first-order chi connectivity index (χ1) is 15.0. The molecule has 4 rings (SSSR count). The van der Waals surface area contributed by atoms with Gasteiger partial charge in [0.15, 0.2) is 17.3 Å². The molecule has 0 bridgehead atoms. The normalized spacial score (nSPS) is 11.8. The molecule has 1 atom stereocenters. The zero-order chi connectivity index (χ0) is 22.0. The van der Waals surface area contributed by atoms with Crippen molar-refractivity contribution >= 4 is 40.2 Å². The highest BCUT2D eigenvalue weighted by Gasteiger charge is 2.25. The standard InChI is InChI=1S/C22H14Cl2N4O3/c23-15-8-14(12-25)9-16(11-15)31-21-17(24)6-7-18-20(21)26-27-28(18)19(22(29)30)10-13-4-2-1-3-5-13/h1-9,11,19H,10H2,(H,29,30). The van der Waals surface area contributed by atoms with Gasteiger partial charge < -0.3 is 9.84 Å². The molecule has 0 saturated carbocycles. The van der Waals surface area contributed by atoms with Crippen molar-refractivity contribution in [3.05, 3.63) is 81.8 Å². The fraction of sp³-hybridized carbons (Fsp3) is 0.0909. The summed E-state index contributed by atoms with van der Waals surface area (Å²) in [6, 6.07) is 18.1. The van der Waals surface area contributed by atoms with Crippen LogP contribution in [-0.4, -0.2) is 26.1 Å². The van der Waals surface area contributed by atoms with Gasteiger partial charge in [0.05, 0.1) is 22.2 Å². The van der Waals surface area contributed by atoms with Crippen molar-refractivity contribution in [2.24, 2.45) is 0 Å². The fourth-order valence-corrected chi connectivity index (χ4v) is 3.62. The lowest BCUT2D eigenvalue weighted by Crippen LogP contribution is -2.22. The quantitative estimate of drug-likeness (QED) is 0.427. The summed E-state index contributed by atoms with van der Waals surface area (Å²) in [4.78, 5) is 12.0. The van der Waals surface area contributed by atoms with E-state index in [0.717, 1.165) is 5.56 Å². The van der Waals surface area contributed by atoms with Gasteiger partial charge in [-0.2, -0.15) is 5.26 Å². The highest BCUT2D eigenvalue weighted by Crippen LogP contribution is 2.37. The van der Waals surface area contributed by atoms with Gasteiger partial charge in [-0.1, -0.05) is 58.7 Å². The maximum absolute atomic E-state index is 12.0. The van der Waals surface area contributed by atoms with E-state index in [1.165, 1.54) is 22.9 Å². The summed E-state index contributed by atoms with van der Waals surface area (Å²) in [6.45, 7) is 0. The Bertz CT molecular complexity index is 1320. The van der Waals surface area contributed by atoms with Crippen molar-refractivity contribution in [2.75, 3.05) is 0 Å². The second-order valence-electron chi connectivity index (χ2n) is 6.71. The number of carbonyl (C=O) groups is 1. The zero-order valence-corrected chi connectivity index (χ0v) is 17.4. The summed E-state index contributed by atoms with van der Waals surface area (Å²) in [5.41, 5.74) is 1.92. The third kappa shape index (κ3) is 4.31. The van der Waals surface area contributed by atoms with Crippen molar-refractivity contribution in [1.29, 1.82) is 5.26 Å². The predicted octanol–water partition coefficient (Wildman–Crippen LogP) is 5.27. The van der Waals surface area contributed by atoms with Gasteiger partial charge in [0.2, 0.25) is 0 Å². The minimum absolute atomic E-state index is 0.195. The number of carboxylic acid groups (broad SMARTS) is 1.